The van der Waals surface area contributed by atoms with Crippen LogP contribution in [0.4, 0.5) is 0 Å². The van der Waals surface area contributed by atoms with Crippen LogP contribution in [0, 0.1) is 11.3 Å². The highest BCUT2D eigenvalue weighted by Crippen LogP contribution is 2.28. The largest absolute Gasteiger partial charge is 0.479 e. The summed E-state index contributed by atoms with van der Waals surface area (Å²) in [6.07, 6.45) is 3.44. The Labute approximate surface area is 144 Å². The lowest BCUT2D eigenvalue weighted by atomic mass is 10.1. The highest BCUT2D eigenvalue weighted by Gasteiger charge is 2.21. The van der Waals surface area contributed by atoms with Crippen LogP contribution in [0.5, 0.6) is 5.75 Å². The molecule has 118 valence electrons. The number of esters is 1. The molecular formula is C19H12ClNO3. The molecule has 0 saturated heterocycles. The van der Waals surface area contributed by atoms with Crippen LogP contribution < -0.4 is 4.74 Å². The lowest BCUT2D eigenvalue weighted by molar-refractivity contribution is -0.130. The summed E-state index contributed by atoms with van der Waals surface area (Å²) in [6.45, 7) is -0.0000478. The normalized spacial score (nSPS) is 14.9. The Bertz CT molecular complexity index is 859. The first-order valence-corrected chi connectivity index (χ1v) is 7.55. The van der Waals surface area contributed by atoms with Crippen molar-refractivity contribution in [2.45, 2.75) is 0 Å². The van der Waals surface area contributed by atoms with Crippen LogP contribution >= 0.6 is 11.6 Å². The van der Waals surface area contributed by atoms with Gasteiger partial charge in [0.15, 0.2) is 6.61 Å². The average Bonchev–Trinajstić information content (AvgIpc) is 2.95. The molecule has 0 amide bonds. The van der Waals surface area contributed by atoms with Crippen molar-refractivity contribution in [3.05, 3.63) is 76.3 Å². The number of nitrogens with zero attached hydrogens (tertiary/aromatic N) is 1. The Kier molecular flexibility index (Phi) is 4.64. The van der Waals surface area contributed by atoms with Crippen molar-refractivity contribution in [3.63, 3.8) is 0 Å². The van der Waals surface area contributed by atoms with Crippen LogP contribution in [-0.2, 0) is 9.53 Å². The maximum atomic E-state index is 12.0. The van der Waals surface area contributed by atoms with E-state index in [0.29, 0.717) is 22.1 Å². The standard InChI is InChI=1S/C19H12ClNO3/c20-16-5-3-14(4-6-16)18-12-15(19(22)24-18)11-13-1-7-17(8-2-13)23-10-9-21/h1-8,11-12H,10H2. The second-order valence-corrected chi connectivity index (χ2v) is 5.46. The van der Waals surface area contributed by atoms with Crippen LogP contribution in [0.2, 0.25) is 5.02 Å². The van der Waals surface area contributed by atoms with E-state index in [1.807, 2.05) is 6.07 Å². The quantitative estimate of drug-likeness (QED) is 0.619. The minimum atomic E-state index is -0.398. The van der Waals surface area contributed by atoms with Crippen LogP contribution in [0.15, 0.2) is 60.2 Å². The Morgan fingerprint density at radius 2 is 1.83 bits per heavy atom. The van der Waals surface area contributed by atoms with Crippen LogP contribution in [0.25, 0.3) is 11.8 Å². The number of hydrogen-bond acceptors (Lipinski definition) is 4. The molecule has 3 rings (SSSR count). The molecule has 4 nitrogen and oxygen atoms in total. The molecule has 0 atom stereocenters. The van der Waals surface area contributed by atoms with E-state index in [4.69, 9.17) is 26.3 Å². The summed E-state index contributed by atoms with van der Waals surface area (Å²) >= 11 is 5.86. The van der Waals surface area contributed by atoms with Gasteiger partial charge in [0, 0.05) is 10.6 Å². The third-order valence-corrected chi connectivity index (χ3v) is 3.61. The second kappa shape index (κ2) is 7.03. The smallest absolute Gasteiger partial charge is 0.343 e. The third-order valence-electron chi connectivity index (χ3n) is 3.36. The summed E-state index contributed by atoms with van der Waals surface area (Å²) in [5.41, 5.74) is 2.09. The van der Waals surface area contributed by atoms with E-state index in [1.165, 1.54) is 0 Å². The van der Waals surface area contributed by atoms with Gasteiger partial charge in [-0.25, -0.2) is 4.79 Å². The van der Waals surface area contributed by atoms with Gasteiger partial charge in [0.1, 0.15) is 17.6 Å². The van der Waals surface area contributed by atoms with E-state index in [1.54, 1.807) is 60.7 Å². The van der Waals surface area contributed by atoms with Crippen molar-refractivity contribution in [1.82, 2.24) is 0 Å². The molecule has 0 aliphatic carbocycles. The Morgan fingerprint density at radius 3 is 2.50 bits per heavy atom. The van der Waals surface area contributed by atoms with E-state index >= 15 is 0 Å². The fraction of sp³-hybridized carbons (Fsp3) is 0.0526. The molecule has 1 heterocycles. The number of rotatable bonds is 4. The van der Waals surface area contributed by atoms with E-state index in [2.05, 4.69) is 0 Å². The van der Waals surface area contributed by atoms with Gasteiger partial charge < -0.3 is 9.47 Å². The van der Waals surface area contributed by atoms with E-state index in [9.17, 15) is 4.79 Å². The first-order chi connectivity index (χ1) is 11.7. The van der Waals surface area contributed by atoms with Crippen molar-refractivity contribution >= 4 is 29.4 Å². The van der Waals surface area contributed by atoms with Gasteiger partial charge in [-0.2, -0.15) is 5.26 Å². The lowest BCUT2D eigenvalue weighted by Gasteiger charge is -2.01. The summed E-state index contributed by atoms with van der Waals surface area (Å²) in [6, 6.07) is 16.1. The van der Waals surface area contributed by atoms with E-state index in [0.717, 1.165) is 11.1 Å². The molecule has 0 saturated carbocycles. The molecule has 1 aliphatic heterocycles. The van der Waals surface area contributed by atoms with Crippen LogP contribution in [-0.4, -0.2) is 12.6 Å². The number of nitriles is 1. The number of benzene rings is 2. The first-order valence-electron chi connectivity index (χ1n) is 7.17. The number of cyclic esters (lactones) is 1. The predicted octanol–water partition coefficient (Wildman–Crippen LogP) is 4.22. The first kappa shape index (κ1) is 15.9. The topological polar surface area (TPSA) is 59.3 Å². The summed E-state index contributed by atoms with van der Waals surface area (Å²) in [7, 11) is 0. The predicted molar refractivity (Wildman–Crippen MR) is 91.0 cm³/mol. The molecular weight excluding hydrogens is 326 g/mol. The van der Waals surface area contributed by atoms with E-state index in [-0.39, 0.29) is 6.61 Å². The molecule has 2 aromatic carbocycles. The number of carbonyl (C=O) groups is 1. The maximum Gasteiger partial charge on any atom is 0.343 e. The molecule has 0 aromatic heterocycles. The minimum Gasteiger partial charge on any atom is -0.479 e. The number of hydrogen-bond donors (Lipinski definition) is 0. The lowest BCUT2D eigenvalue weighted by Crippen LogP contribution is -1.97. The summed E-state index contributed by atoms with van der Waals surface area (Å²) in [4.78, 5) is 12.0. The fourth-order valence-electron chi connectivity index (χ4n) is 2.20. The molecule has 0 unspecified atom stereocenters. The Hall–Kier alpha value is -3.03. The molecule has 5 heteroatoms. The monoisotopic (exact) mass is 337 g/mol. The second-order valence-electron chi connectivity index (χ2n) is 5.02. The zero-order valence-electron chi connectivity index (χ0n) is 12.5. The fourth-order valence-corrected chi connectivity index (χ4v) is 2.33. The molecule has 0 N–H and O–H groups in total. The van der Waals surface area contributed by atoms with Gasteiger partial charge in [-0.15, -0.1) is 0 Å². The van der Waals surface area contributed by atoms with Crippen molar-refractivity contribution < 1.29 is 14.3 Å². The van der Waals surface area contributed by atoms with Gasteiger partial charge >= 0.3 is 5.97 Å². The summed E-state index contributed by atoms with van der Waals surface area (Å²) in [5, 5.41) is 9.11. The van der Waals surface area contributed by atoms with Gasteiger partial charge in [0.05, 0.1) is 5.57 Å². The van der Waals surface area contributed by atoms with Crippen LogP contribution in [0.3, 0.4) is 0 Å². The summed E-state index contributed by atoms with van der Waals surface area (Å²) < 4.78 is 10.5. The van der Waals surface area contributed by atoms with Gasteiger partial charge in [0.25, 0.3) is 0 Å². The van der Waals surface area contributed by atoms with Gasteiger partial charge in [-0.1, -0.05) is 23.7 Å². The van der Waals surface area contributed by atoms with Crippen molar-refractivity contribution in [2.75, 3.05) is 6.61 Å². The Morgan fingerprint density at radius 1 is 1.12 bits per heavy atom. The molecule has 0 spiro atoms. The van der Waals surface area contributed by atoms with Crippen LogP contribution in [0.1, 0.15) is 11.1 Å². The molecule has 0 bridgehead atoms. The third kappa shape index (κ3) is 3.65. The Balaban J connectivity index is 1.80. The molecule has 0 fully saturated rings. The van der Waals surface area contributed by atoms with Crippen molar-refractivity contribution in [1.29, 1.82) is 5.26 Å². The van der Waals surface area contributed by atoms with Gasteiger partial charge in [-0.05, 0) is 54.1 Å². The zero-order valence-corrected chi connectivity index (χ0v) is 13.3. The minimum absolute atomic E-state index is 0.0000478. The number of halogens is 1. The van der Waals surface area contributed by atoms with Crippen molar-refractivity contribution in [2.24, 2.45) is 0 Å². The molecule has 0 radical (unpaired) electrons. The molecule has 24 heavy (non-hydrogen) atoms. The van der Waals surface area contributed by atoms with E-state index < -0.39 is 5.97 Å². The number of carbonyl (C=O) groups excluding carboxylic acids is 1. The van der Waals surface area contributed by atoms with Crippen molar-refractivity contribution in [3.8, 4) is 11.8 Å². The highest BCUT2D eigenvalue weighted by atomic mass is 35.5. The SMILES string of the molecule is N#CCOc1ccc(C=C2C=C(c3ccc(Cl)cc3)OC2=O)cc1. The maximum absolute atomic E-state index is 12.0. The summed E-state index contributed by atoms with van der Waals surface area (Å²) in [5.74, 6) is 0.701. The number of ether oxygens (including phenoxy) is 2. The molecule has 2 aromatic rings. The van der Waals surface area contributed by atoms with Gasteiger partial charge in [-0.3, -0.25) is 0 Å². The zero-order chi connectivity index (χ0) is 16.9. The van der Waals surface area contributed by atoms with Gasteiger partial charge in [0.2, 0.25) is 0 Å². The highest BCUT2D eigenvalue weighted by molar-refractivity contribution is 6.30. The molecule has 1 aliphatic rings. The average molecular weight is 338 g/mol.